The van der Waals surface area contributed by atoms with Gasteiger partial charge in [0.2, 0.25) is 0 Å². The van der Waals surface area contributed by atoms with E-state index in [1.54, 1.807) is 18.2 Å². The number of nitrogens with zero attached hydrogens (tertiary/aromatic N) is 1. The van der Waals surface area contributed by atoms with E-state index in [1.807, 2.05) is 0 Å². The molecule has 1 aromatic rings. The molecular weight excluding hydrogens is 243 g/mol. The van der Waals surface area contributed by atoms with Crippen molar-refractivity contribution < 1.29 is 18.4 Å². The number of oxime groups is 1. The van der Waals surface area contributed by atoms with Gasteiger partial charge in [0.15, 0.2) is 0 Å². The monoisotopic (exact) mass is 249 g/mol. The molecule has 0 atom stereocenters. The van der Waals surface area contributed by atoms with Crippen LogP contribution in [0.1, 0.15) is 5.56 Å². The van der Waals surface area contributed by atoms with Gasteiger partial charge in [-0.1, -0.05) is 47.1 Å². The molecule has 1 aromatic carbocycles. The van der Waals surface area contributed by atoms with Crippen molar-refractivity contribution in [1.29, 1.82) is 0 Å². The molecule has 16 heavy (non-hydrogen) atoms. The highest BCUT2D eigenvalue weighted by atomic mass is 35.5. The van der Waals surface area contributed by atoms with Gasteiger partial charge in [0.1, 0.15) is 5.03 Å². The second-order valence-electron chi connectivity index (χ2n) is 2.84. The van der Waals surface area contributed by atoms with Crippen molar-refractivity contribution in [2.24, 2.45) is 5.16 Å². The molecule has 6 heteroatoms. The standard InChI is InChI=1S/C10H7ClF3NO/c11-9(10(12,13)14)8(6-15-16)7-4-2-1-3-5-7/h1-6,16H. The molecule has 1 N–H and O–H groups in total. The lowest BCUT2D eigenvalue weighted by atomic mass is 10.1. The van der Waals surface area contributed by atoms with Crippen LogP contribution in [0.25, 0.3) is 5.57 Å². The van der Waals surface area contributed by atoms with Gasteiger partial charge >= 0.3 is 6.18 Å². The molecule has 0 aliphatic heterocycles. The zero-order chi connectivity index (χ0) is 12.2. The van der Waals surface area contributed by atoms with Gasteiger partial charge in [-0.2, -0.15) is 13.2 Å². The third-order valence-electron chi connectivity index (χ3n) is 1.76. The molecule has 0 spiro atoms. The molecule has 0 saturated carbocycles. The highest BCUT2D eigenvalue weighted by Crippen LogP contribution is 2.34. The van der Waals surface area contributed by atoms with Crippen LogP contribution >= 0.6 is 11.6 Å². The van der Waals surface area contributed by atoms with E-state index in [0.29, 0.717) is 6.21 Å². The quantitative estimate of drug-likeness (QED) is 0.484. The molecule has 0 aromatic heterocycles. The molecule has 0 amide bonds. The zero-order valence-electron chi connectivity index (χ0n) is 7.87. The topological polar surface area (TPSA) is 32.6 Å². The maximum Gasteiger partial charge on any atom is 0.427 e. The Bertz CT molecular complexity index is 412. The molecule has 0 aliphatic carbocycles. The molecule has 0 radical (unpaired) electrons. The van der Waals surface area contributed by atoms with Crippen LogP contribution in [0.3, 0.4) is 0 Å². The number of benzene rings is 1. The van der Waals surface area contributed by atoms with Gasteiger partial charge in [0, 0.05) is 5.57 Å². The van der Waals surface area contributed by atoms with Crippen LogP contribution in [0.15, 0.2) is 40.5 Å². The van der Waals surface area contributed by atoms with E-state index in [9.17, 15) is 13.2 Å². The average molecular weight is 250 g/mol. The molecule has 2 nitrogen and oxygen atoms in total. The van der Waals surface area contributed by atoms with E-state index in [0.717, 1.165) is 0 Å². The summed E-state index contributed by atoms with van der Waals surface area (Å²) >= 11 is 5.19. The Morgan fingerprint density at radius 2 is 1.81 bits per heavy atom. The van der Waals surface area contributed by atoms with Crippen molar-refractivity contribution in [3.05, 3.63) is 40.9 Å². The van der Waals surface area contributed by atoms with Gasteiger partial charge in [-0.05, 0) is 5.56 Å². The van der Waals surface area contributed by atoms with E-state index >= 15 is 0 Å². The second kappa shape index (κ2) is 5.03. The van der Waals surface area contributed by atoms with Crippen molar-refractivity contribution in [3.8, 4) is 0 Å². The van der Waals surface area contributed by atoms with Crippen molar-refractivity contribution in [2.45, 2.75) is 6.18 Å². The summed E-state index contributed by atoms with van der Waals surface area (Å²) in [4.78, 5) is 0. The molecule has 0 unspecified atom stereocenters. The molecule has 0 fully saturated rings. The third kappa shape index (κ3) is 3.00. The Hall–Kier alpha value is -1.49. The maximum absolute atomic E-state index is 12.4. The van der Waals surface area contributed by atoms with Crippen molar-refractivity contribution in [2.75, 3.05) is 0 Å². The summed E-state index contributed by atoms with van der Waals surface area (Å²) in [5, 5.41) is 9.58. The van der Waals surface area contributed by atoms with Crippen molar-refractivity contribution in [3.63, 3.8) is 0 Å². The minimum Gasteiger partial charge on any atom is -0.411 e. The predicted molar refractivity (Wildman–Crippen MR) is 55.5 cm³/mol. The summed E-state index contributed by atoms with van der Waals surface area (Å²) in [6.45, 7) is 0. The third-order valence-corrected chi connectivity index (χ3v) is 2.17. The number of hydrogen-bond donors (Lipinski definition) is 1. The maximum atomic E-state index is 12.4. The van der Waals surface area contributed by atoms with Crippen molar-refractivity contribution >= 4 is 23.4 Å². The van der Waals surface area contributed by atoms with Gasteiger partial charge in [0.05, 0.1) is 6.21 Å². The van der Waals surface area contributed by atoms with Gasteiger partial charge in [0.25, 0.3) is 0 Å². The SMILES string of the molecule is ON=CC(=C(Cl)C(F)(F)F)c1ccccc1. The molecule has 86 valence electrons. The molecule has 0 heterocycles. The minimum absolute atomic E-state index is 0.225. The lowest BCUT2D eigenvalue weighted by Gasteiger charge is -2.09. The Kier molecular flexibility index (Phi) is 3.95. The summed E-state index contributed by atoms with van der Waals surface area (Å²) in [5.74, 6) is 0. The number of alkyl halides is 3. The number of hydrogen-bond acceptors (Lipinski definition) is 2. The summed E-state index contributed by atoms with van der Waals surface area (Å²) in [7, 11) is 0. The summed E-state index contributed by atoms with van der Waals surface area (Å²) in [6.07, 6.45) is -4.01. The average Bonchev–Trinajstić information content (AvgIpc) is 2.25. The van der Waals surface area contributed by atoms with Gasteiger partial charge in [-0.25, -0.2) is 0 Å². The second-order valence-corrected chi connectivity index (χ2v) is 3.21. The Morgan fingerprint density at radius 1 is 1.25 bits per heavy atom. The van der Waals surface area contributed by atoms with E-state index in [1.165, 1.54) is 12.1 Å². The number of rotatable bonds is 2. The molecular formula is C10H7ClF3NO. The fourth-order valence-corrected chi connectivity index (χ4v) is 1.24. The summed E-state index contributed by atoms with van der Waals surface area (Å²) < 4.78 is 37.1. The largest absolute Gasteiger partial charge is 0.427 e. The molecule has 0 aliphatic rings. The smallest absolute Gasteiger partial charge is 0.411 e. The predicted octanol–water partition coefficient (Wildman–Crippen LogP) is 3.66. The fraction of sp³-hybridized carbons (Fsp3) is 0.100. The Morgan fingerprint density at radius 3 is 2.25 bits per heavy atom. The lowest BCUT2D eigenvalue weighted by molar-refractivity contribution is -0.0838. The van der Waals surface area contributed by atoms with E-state index in [-0.39, 0.29) is 11.1 Å². The first-order valence-corrected chi connectivity index (χ1v) is 4.54. The normalized spacial score (nSPS) is 14.0. The van der Waals surface area contributed by atoms with E-state index < -0.39 is 11.2 Å². The lowest BCUT2D eigenvalue weighted by Crippen LogP contribution is -2.10. The Labute approximate surface area is 94.6 Å². The van der Waals surface area contributed by atoms with Crippen LogP contribution in [-0.4, -0.2) is 17.6 Å². The first-order valence-electron chi connectivity index (χ1n) is 4.16. The first-order chi connectivity index (χ1) is 7.46. The van der Waals surface area contributed by atoms with E-state index in [2.05, 4.69) is 5.16 Å². The van der Waals surface area contributed by atoms with Crippen molar-refractivity contribution in [1.82, 2.24) is 0 Å². The number of halogens is 4. The van der Waals surface area contributed by atoms with Crippen LogP contribution in [0.5, 0.6) is 0 Å². The Balaban J connectivity index is 3.31. The molecule has 1 rings (SSSR count). The highest BCUT2D eigenvalue weighted by molar-refractivity contribution is 6.37. The highest BCUT2D eigenvalue weighted by Gasteiger charge is 2.35. The molecule has 0 saturated heterocycles. The molecule has 0 bridgehead atoms. The number of allylic oxidation sites excluding steroid dienone is 2. The van der Waals surface area contributed by atoms with Crippen LogP contribution < -0.4 is 0 Å². The van der Waals surface area contributed by atoms with Crippen LogP contribution in [0, 0.1) is 0 Å². The van der Waals surface area contributed by atoms with Gasteiger partial charge in [-0.3, -0.25) is 0 Å². The fourth-order valence-electron chi connectivity index (χ4n) is 1.09. The van der Waals surface area contributed by atoms with E-state index in [4.69, 9.17) is 16.8 Å². The van der Waals surface area contributed by atoms with Crippen LogP contribution in [0.4, 0.5) is 13.2 Å². The van der Waals surface area contributed by atoms with Gasteiger partial charge < -0.3 is 5.21 Å². The summed E-state index contributed by atoms with van der Waals surface area (Å²) in [6, 6.07) is 7.64. The van der Waals surface area contributed by atoms with Gasteiger partial charge in [-0.15, -0.1) is 0 Å². The summed E-state index contributed by atoms with van der Waals surface area (Å²) in [5.41, 5.74) is -0.153. The van der Waals surface area contributed by atoms with Crippen LogP contribution in [0.2, 0.25) is 0 Å². The first kappa shape index (κ1) is 12.6. The minimum atomic E-state index is -4.67. The van der Waals surface area contributed by atoms with Crippen LogP contribution in [-0.2, 0) is 0 Å². The zero-order valence-corrected chi connectivity index (χ0v) is 8.63.